The van der Waals surface area contributed by atoms with Crippen LogP contribution in [-0.2, 0) is 16.3 Å². The smallest absolute Gasteiger partial charge is 0.152 e. The van der Waals surface area contributed by atoms with Gasteiger partial charge >= 0.3 is 0 Å². The average molecular weight is 269 g/mol. The number of nitrogens with zero attached hydrogens (tertiary/aromatic N) is 2. The van der Waals surface area contributed by atoms with Crippen LogP contribution in [0.2, 0.25) is 0 Å². The van der Waals surface area contributed by atoms with Gasteiger partial charge in [0.2, 0.25) is 0 Å². The van der Waals surface area contributed by atoms with E-state index in [2.05, 4.69) is 5.10 Å². The van der Waals surface area contributed by atoms with Crippen LogP contribution in [0.3, 0.4) is 0 Å². The van der Waals surface area contributed by atoms with Crippen LogP contribution < -0.4 is 5.73 Å². The molecule has 2 aliphatic rings. The molecule has 0 aromatic carbocycles. The van der Waals surface area contributed by atoms with Gasteiger partial charge in [0.05, 0.1) is 23.2 Å². The van der Waals surface area contributed by atoms with E-state index in [0.717, 1.165) is 30.5 Å². The Morgan fingerprint density at radius 1 is 1.39 bits per heavy atom. The van der Waals surface area contributed by atoms with Crippen LogP contribution in [0.4, 0.5) is 0 Å². The Kier molecular flexibility index (Phi) is 2.75. The maximum atomic E-state index is 11.6. The summed E-state index contributed by atoms with van der Waals surface area (Å²) in [5.41, 5.74) is 9.45. The van der Waals surface area contributed by atoms with Crippen molar-refractivity contribution in [3.05, 3.63) is 17.0 Å². The fourth-order valence-electron chi connectivity index (χ4n) is 3.24. The molecule has 0 bridgehead atoms. The summed E-state index contributed by atoms with van der Waals surface area (Å²) in [6.45, 7) is 1.98. The van der Waals surface area contributed by atoms with E-state index in [1.807, 2.05) is 11.6 Å². The lowest BCUT2D eigenvalue weighted by molar-refractivity contribution is 0.459. The summed E-state index contributed by atoms with van der Waals surface area (Å²) in [5.74, 6) is 0.521. The number of rotatable bonds is 1. The highest BCUT2D eigenvalue weighted by Gasteiger charge is 2.33. The Labute approximate surface area is 107 Å². The zero-order valence-electron chi connectivity index (χ0n) is 10.6. The molecule has 1 saturated heterocycles. The largest absolute Gasteiger partial charge is 0.324 e. The molecular formula is C12H19N3O2S. The summed E-state index contributed by atoms with van der Waals surface area (Å²) in [6.07, 6.45) is 3.73. The minimum Gasteiger partial charge on any atom is -0.324 e. The Balaban J connectivity index is 2.02. The number of aryl methyl sites for hydroxylation is 1. The predicted octanol–water partition coefficient (Wildman–Crippen LogP) is 0.887. The molecule has 3 rings (SSSR count). The summed E-state index contributed by atoms with van der Waals surface area (Å²) in [5, 5.41) is 4.56. The van der Waals surface area contributed by atoms with Crippen molar-refractivity contribution >= 4 is 9.84 Å². The van der Waals surface area contributed by atoms with E-state index in [1.165, 1.54) is 5.69 Å². The summed E-state index contributed by atoms with van der Waals surface area (Å²) in [7, 11) is -2.87. The van der Waals surface area contributed by atoms with Crippen molar-refractivity contribution in [1.82, 2.24) is 9.78 Å². The first kappa shape index (κ1) is 12.2. The van der Waals surface area contributed by atoms with Gasteiger partial charge in [0, 0.05) is 17.3 Å². The van der Waals surface area contributed by atoms with Gasteiger partial charge in [0.25, 0.3) is 0 Å². The van der Waals surface area contributed by atoms with Gasteiger partial charge in [0.1, 0.15) is 0 Å². The quantitative estimate of drug-likeness (QED) is 0.821. The Bertz CT molecular complexity index is 576. The summed E-state index contributed by atoms with van der Waals surface area (Å²) < 4.78 is 25.1. The number of sulfone groups is 1. The standard InChI is InChI=1S/C12H19N3O2S/c1-8-12-10(13)3-2-4-11(12)15(14-8)9-5-6-18(16,17)7-9/h9-10H,2-7,13H2,1H3. The Morgan fingerprint density at radius 3 is 2.83 bits per heavy atom. The van der Waals surface area contributed by atoms with Crippen molar-refractivity contribution in [2.75, 3.05) is 11.5 Å². The summed E-state index contributed by atoms with van der Waals surface area (Å²) in [4.78, 5) is 0. The number of nitrogens with two attached hydrogens (primary N) is 1. The topological polar surface area (TPSA) is 78.0 Å². The molecule has 6 heteroatoms. The highest BCUT2D eigenvalue weighted by molar-refractivity contribution is 7.91. The third-order valence-corrected chi connectivity index (χ3v) is 5.84. The molecule has 0 saturated carbocycles. The molecule has 2 heterocycles. The van der Waals surface area contributed by atoms with Crippen molar-refractivity contribution in [2.45, 2.75) is 44.7 Å². The maximum Gasteiger partial charge on any atom is 0.152 e. The highest BCUT2D eigenvalue weighted by atomic mass is 32.2. The number of hydrogen-bond donors (Lipinski definition) is 1. The van der Waals surface area contributed by atoms with Gasteiger partial charge in [-0.15, -0.1) is 0 Å². The van der Waals surface area contributed by atoms with Gasteiger partial charge in [0.15, 0.2) is 9.84 Å². The molecule has 0 spiro atoms. The van der Waals surface area contributed by atoms with E-state index in [4.69, 9.17) is 5.73 Å². The van der Waals surface area contributed by atoms with Gasteiger partial charge < -0.3 is 5.73 Å². The van der Waals surface area contributed by atoms with Crippen molar-refractivity contribution in [3.8, 4) is 0 Å². The monoisotopic (exact) mass is 269 g/mol. The van der Waals surface area contributed by atoms with Crippen molar-refractivity contribution in [2.24, 2.45) is 5.73 Å². The second-order valence-corrected chi connectivity index (χ2v) is 7.67. The molecule has 2 unspecified atom stereocenters. The van der Waals surface area contributed by atoms with Crippen LogP contribution in [0, 0.1) is 6.92 Å². The molecule has 2 N–H and O–H groups in total. The molecule has 2 atom stereocenters. The number of aromatic nitrogens is 2. The molecule has 1 fully saturated rings. The minimum absolute atomic E-state index is 0.0164. The zero-order valence-corrected chi connectivity index (χ0v) is 11.4. The molecule has 100 valence electrons. The van der Waals surface area contributed by atoms with E-state index in [9.17, 15) is 8.42 Å². The lowest BCUT2D eigenvalue weighted by atomic mass is 9.91. The maximum absolute atomic E-state index is 11.6. The van der Waals surface area contributed by atoms with Gasteiger partial charge in [-0.05, 0) is 32.6 Å². The van der Waals surface area contributed by atoms with Gasteiger partial charge in [-0.2, -0.15) is 5.10 Å². The predicted molar refractivity (Wildman–Crippen MR) is 69.1 cm³/mol. The molecule has 1 aliphatic carbocycles. The van der Waals surface area contributed by atoms with Crippen molar-refractivity contribution in [1.29, 1.82) is 0 Å². The summed E-state index contributed by atoms with van der Waals surface area (Å²) >= 11 is 0. The highest BCUT2D eigenvalue weighted by Crippen LogP contribution is 2.34. The molecule has 5 nitrogen and oxygen atoms in total. The fraction of sp³-hybridized carbons (Fsp3) is 0.750. The number of hydrogen-bond acceptors (Lipinski definition) is 4. The van der Waals surface area contributed by atoms with Crippen molar-refractivity contribution < 1.29 is 8.42 Å². The van der Waals surface area contributed by atoms with Crippen LogP contribution in [0.5, 0.6) is 0 Å². The van der Waals surface area contributed by atoms with E-state index in [0.29, 0.717) is 6.42 Å². The SMILES string of the molecule is Cc1nn(C2CCS(=O)(=O)C2)c2c1C(N)CCC2. The molecule has 1 aromatic rings. The second-order valence-electron chi connectivity index (χ2n) is 5.45. The van der Waals surface area contributed by atoms with Crippen LogP contribution in [0.1, 0.15) is 48.3 Å². The Morgan fingerprint density at radius 2 is 2.17 bits per heavy atom. The molecular weight excluding hydrogens is 250 g/mol. The molecule has 18 heavy (non-hydrogen) atoms. The van der Waals surface area contributed by atoms with E-state index in [1.54, 1.807) is 0 Å². The first-order chi connectivity index (χ1) is 8.48. The van der Waals surface area contributed by atoms with E-state index in [-0.39, 0.29) is 23.6 Å². The van der Waals surface area contributed by atoms with Crippen LogP contribution >= 0.6 is 0 Å². The average Bonchev–Trinajstić information content (AvgIpc) is 2.81. The Hall–Kier alpha value is -0.880. The molecule has 1 aromatic heterocycles. The first-order valence-electron chi connectivity index (χ1n) is 6.52. The van der Waals surface area contributed by atoms with E-state index < -0.39 is 9.84 Å². The first-order valence-corrected chi connectivity index (χ1v) is 8.34. The van der Waals surface area contributed by atoms with Crippen LogP contribution in [0.25, 0.3) is 0 Å². The fourth-order valence-corrected chi connectivity index (χ4v) is 4.94. The lowest BCUT2D eigenvalue weighted by Gasteiger charge is -2.21. The van der Waals surface area contributed by atoms with Crippen LogP contribution in [-0.4, -0.2) is 29.7 Å². The summed E-state index contributed by atoms with van der Waals surface area (Å²) in [6, 6.07) is 0.0864. The molecule has 0 radical (unpaired) electrons. The normalized spacial score (nSPS) is 30.3. The zero-order chi connectivity index (χ0) is 12.9. The molecule has 0 amide bonds. The molecule has 1 aliphatic heterocycles. The van der Waals surface area contributed by atoms with Crippen molar-refractivity contribution in [3.63, 3.8) is 0 Å². The third-order valence-electron chi connectivity index (χ3n) is 4.09. The van der Waals surface area contributed by atoms with E-state index >= 15 is 0 Å². The number of fused-ring (bicyclic) bond motifs is 1. The van der Waals surface area contributed by atoms with Crippen LogP contribution in [0.15, 0.2) is 0 Å². The lowest BCUT2D eigenvalue weighted by Crippen LogP contribution is -2.21. The van der Waals surface area contributed by atoms with Gasteiger partial charge in [-0.3, -0.25) is 4.68 Å². The van der Waals surface area contributed by atoms with Gasteiger partial charge in [-0.25, -0.2) is 8.42 Å². The van der Waals surface area contributed by atoms with Gasteiger partial charge in [-0.1, -0.05) is 0 Å². The second kappa shape index (κ2) is 4.06. The minimum atomic E-state index is -2.87. The third kappa shape index (κ3) is 1.87.